The van der Waals surface area contributed by atoms with Crippen LogP contribution in [-0.2, 0) is 21.2 Å². The summed E-state index contributed by atoms with van der Waals surface area (Å²) in [6.07, 6.45) is 0.972. The number of hydrogen-bond acceptors (Lipinski definition) is 4. The molecule has 0 atom stereocenters. The summed E-state index contributed by atoms with van der Waals surface area (Å²) in [5, 5.41) is 0. The van der Waals surface area contributed by atoms with Crippen LogP contribution >= 0.6 is 15.9 Å². The zero-order valence-corrected chi connectivity index (χ0v) is 18.1. The van der Waals surface area contributed by atoms with Crippen LogP contribution < -0.4 is 4.74 Å². The number of halogens is 1. The fraction of sp³-hybridized carbons (Fsp3) is 0.350. The van der Waals surface area contributed by atoms with Crippen LogP contribution in [0.25, 0.3) is 0 Å². The third-order valence-corrected chi connectivity index (χ3v) is 7.29. The van der Waals surface area contributed by atoms with Crippen molar-refractivity contribution in [1.82, 2.24) is 9.21 Å². The van der Waals surface area contributed by atoms with Crippen molar-refractivity contribution in [2.45, 2.75) is 17.7 Å². The number of carbonyl (C=O) groups is 1. The van der Waals surface area contributed by atoms with Crippen molar-refractivity contribution in [2.24, 2.45) is 0 Å². The molecule has 3 rings (SSSR count). The molecule has 0 spiro atoms. The molecule has 0 saturated carbocycles. The molecule has 28 heavy (non-hydrogen) atoms. The number of rotatable bonds is 6. The molecule has 8 heteroatoms. The molecule has 0 aromatic heterocycles. The largest absolute Gasteiger partial charge is 0.496 e. The molecule has 6 nitrogen and oxygen atoms in total. The lowest BCUT2D eigenvalue weighted by Gasteiger charge is -2.34. The Labute approximate surface area is 174 Å². The number of ether oxygens (including phenoxy) is 1. The Morgan fingerprint density at radius 2 is 1.68 bits per heavy atom. The zero-order chi connectivity index (χ0) is 20.1. The number of carbonyl (C=O) groups excluding carboxylic acids is 1. The summed E-state index contributed by atoms with van der Waals surface area (Å²) in [7, 11) is -1.92. The lowest BCUT2D eigenvalue weighted by molar-refractivity contribution is -0.132. The Bertz CT molecular complexity index is 923. The highest BCUT2D eigenvalue weighted by atomic mass is 79.9. The molecule has 0 N–H and O–H groups in total. The molecule has 1 heterocycles. The summed E-state index contributed by atoms with van der Waals surface area (Å²) >= 11 is 3.31. The summed E-state index contributed by atoms with van der Waals surface area (Å²) in [4.78, 5) is 14.6. The highest BCUT2D eigenvalue weighted by molar-refractivity contribution is 9.10. The monoisotopic (exact) mass is 466 g/mol. The molecule has 0 bridgehead atoms. The van der Waals surface area contributed by atoms with Gasteiger partial charge in [0.15, 0.2) is 0 Å². The van der Waals surface area contributed by atoms with Crippen molar-refractivity contribution in [3.63, 3.8) is 0 Å². The summed E-state index contributed by atoms with van der Waals surface area (Å²) in [6.45, 7) is 1.42. The smallest absolute Gasteiger partial charge is 0.243 e. The van der Waals surface area contributed by atoms with Gasteiger partial charge in [0, 0.05) is 37.1 Å². The first-order chi connectivity index (χ1) is 13.4. The second kappa shape index (κ2) is 9.07. The molecule has 1 saturated heterocycles. The van der Waals surface area contributed by atoms with Gasteiger partial charge in [0.25, 0.3) is 0 Å². The Kier molecular flexibility index (Phi) is 6.74. The van der Waals surface area contributed by atoms with Gasteiger partial charge in [-0.25, -0.2) is 8.42 Å². The van der Waals surface area contributed by atoms with Crippen LogP contribution in [0.15, 0.2) is 57.9 Å². The molecule has 2 aromatic rings. The molecule has 1 aliphatic heterocycles. The van der Waals surface area contributed by atoms with E-state index in [2.05, 4.69) is 15.9 Å². The minimum atomic E-state index is -3.53. The molecule has 2 aromatic carbocycles. The maximum absolute atomic E-state index is 12.7. The highest BCUT2D eigenvalue weighted by Crippen LogP contribution is 2.22. The predicted octanol–water partition coefficient (Wildman–Crippen LogP) is 2.92. The van der Waals surface area contributed by atoms with Gasteiger partial charge in [-0.05, 0) is 42.3 Å². The van der Waals surface area contributed by atoms with E-state index in [0.29, 0.717) is 39.0 Å². The number of piperazine rings is 1. The van der Waals surface area contributed by atoms with Crippen LogP contribution in [0.2, 0.25) is 0 Å². The van der Waals surface area contributed by atoms with Crippen molar-refractivity contribution in [1.29, 1.82) is 0 Å². The van der Waals surface area contributed by atoms with E-state index in [9.17, 15) is 13.2 Å². The van der Waals surface area contributed by atoms with E-state index >= 15 is 0 Å². The van der Waals surface area contributed by atoms with Crippen LogP contribution in [-0.4, -0.2) is 56.8 Å². The molecule has 0 radical (unpaired) electrons. The molecule has 0 unspecified atom stereocenters. The van der Waals surface area contributed by atoms with Crippen molar-refractivity contribution in [3.05, 3.63) is 58.6 Å². The number of para-hydroxylation sites is 1. The zero-order valence-electron chi connectivity index (χ0n) is 15.7. The van der Waals surface area contributed by atoms with Crippen LogP contribution in [0.3, 0.4) is 0 Å². The van der Waals surface area contributed by atoms with E-state index < -0.39 is 10.0 Å². The Hall–Kier alpha value is -1.90. The van der Waals surface area contributed by atoms with Gasteiger partial charge in [0.05, 0.1) is 12.0 Å². The molecular weight excluding hydrogens is 444 g/mol. The molecule has 150 valence electrons. The van der Waals surface area contributed by atoms with Crippen LogP contribution in [0.1, 0.15) is 12.0 Å². The topological polar surface area (TPSA) is 66.9 Å². The highest BCUT2D eigenvalue weighted by Gasteiger charge is 2.29. The van der Waals surface area contributed by atoms with Gasteiger partial charge >= 0.3 is 0 Å². The summed E-state index contributed by atoms with van der Waals surface area (Å²) < 4.78 is 33.1. The van der Waals surface area contributed by atoms with Gasteiger partial charge in [0.1, 0.15) is 5.75 Å². The van der Waals surface area contributed by atoms with E-state index in [4.69, 9.17) is 4.74 Å². The van der Waals surface area contributed by atoms with E-state index in [0.717, 1.165) is 15.8 Å². The minimum absolute atomic E-state index is 0.0339. The number of aryl methyl sites for hydroxylation is 1. The molecule has 1 aliphatic rings. The third-order valence-electron chi connectivity index (χ3n) is 4.84. The lowest BCUT2D eigenvalue weighted by atomic mass is 10.1. The van der Waals surface area contributed by atoms with Crippen LogP contribution in [0, 0.1) is 0 Å². The van der Waals surface area contributed by atoms with E-state index in [-0.39, 0.29) is 10.8 Å². The first-order valence-electron chi connectivity index (χ1n) is 9.07. The number of amides is 1. The van der Waals surface area contributed by atoms with Crippen molar-refractivity contribution < 1.29 is 17.9 Å². The first-order valence-corrected chi connectivity index (χ1v) is 11.3. The third kappa shape index (κ3) is 4.74. The fourth-order valence-corrected chi connectivity index (χ4v) is 4.93. The van der Waals surface area contributed by atoms with Crippen molar-refractivity contribution in [3.8, 4) is 5.75 Å². The number of nitrogens with zero attached hydrogens (tertiary/aromatic N) is 2. The van der Waals surface area contributed by atoms with Gasteiger partial charge in [0.2, 0.25) is 15.9 Å². The maximum Gasteiger partial charge on any atom is 0.243 e. The van der Waals surface area contributed by atoms with Crippen LogP contribution in [0.4, 0.5) is 0 Å². The summed E-state index contributed by atoms with van der Waals surface area (Å²) in [5.41, 5.74) is 0.995. The Morgan fingerprint density at radius 3 is 2.32 bits per heavy atom. The standard InChI is InChI=1S/C20H23BrN2O4S/c1-27-19-5-3-2-4-16(19)6-11-20(24)22-12-14-23(15-13-22)28(25,26)18-9-7-17(21)8-10-18/h2-5,7-10H,6,11-15H2,1H3. The van der Waals surface area contributed by atoms with E-state index in [1.54, 1.807) is 36.3 Å². The number of hydrogen-bond donors (Lipinski definition) is 0. The van der Waals surface area contributed by atoms with E-state index in [1.807, 2.05) is 24.3 Å². The first kappa shape index (κ1) is 20.8. The molecular formula is C20H23BrN2O4S. The molecule has 1 fully saturated rings. The average Bonchev–Trinajstić information content (AvgIpc) is 2.72. The van der Waals surface area contributed by atoms with Gasteiger partial charge < -0.3 is 9.64 Å². The second-order valence-electron chi connectivity index (χ2n) is 6.55. The van der Waals surface area contributed by atoms with E-state index in [1.165, 1.54) is 4.31 Å². The van der Waals surface area contributed by atoms with Crippen molar-refractivity contribution >= 4 is 31.9 Å². The number of methoxy groups -OCH3 is 1. The Morgan fingerprint density at radius 1 is 1.04 bits per heavy atom. The van der Waals surface area contributed by atoms with Gasteiger partial charge in [-0.1, -0.05) is 34.1 Å². The van der Waals surface area contributed by atoms with Gasteiger partial charge in [-0.15, -0.1) is 0 Å². The number of sulfonamides is 1. The normalized spacial score (nSPS) is 15.4. The maximum atomic E-state index is 12.7. The molecule has 0 aliphatic carbocycles. The fourth-order valence-electron chi connectivity index (χ4n) is 3.24. The van der Waals surface area contributed by atoms with Gasteiger partial charge in [-0.2, -0.15) is 4.31 Å². The summed E-state index contributed by atoms with van der Waals surface area (Å²) in [6, 6.07) is 14.3. The number of benzene rings is 2. The predicted molar refractivity (Wildman–Crippen MR) is 111 cm³/mol. The minimum Gasteiger partial charge on any atom is -0.496 e. The SMILES string of the molecule is COc1ccccc1CCC(=O)N1CCN(S(=O)(=O)c2ccc(Br)cc2)CC1. The quantitative estimate of drug-likeness (QED) is 0.656. The van der Waals surface area contributed by atoms with Crippen LogP contribution in [0.5, 0.6) is 5.75 Å². The lowest BCUT2D eigenvalue weighted by Crippen LogP contribution is -2.50. The summed E-state index contributed by atoms with van der Waals surface area (Å²) in [5.74, 6) is 0.812. The van der Waals surface area contributed by atoms with Crippen molar-refractivity contribution in [2.75, 3.05) is 33.3 Å². The van der Waals surface area contributed by atoms with Gasteiger partial charge in [-0.3, -0.25) is 4.79 Å². The molecule has 1 amide bonds. The Balaban J connectivity index is 1.56. The average molecular weight is 467 g/mol. The second-order valence-corrected chi connectivity index (χ2v) is 9.40.